The molecule has 4 aromatic rings. The van der Waals surface area contributed by atoms with Gasteiger partial charge in [0.2, 0.25) is 6.10 Å². The first-order chi connectivity index (χ1) is 15.7. The van der Waals surface area contributed by atoms with Crippen LogP contribution in [0.4, 0.5) is 5.69 Å². The number of amides is 1. The molecule has 3 aromatic carbocycles. The van der Waals surface area contributed by atoms with Crippen molar-refractivity contribution >= 4 is 28.5 Å². The molecule has 0 spiro atoms. The first-order valence-electron chi connectivity index (χ1n) is 10.3. The number of esters is 1. The van der Waals surface area contributed by atoms with Crippen LogP contribution in [-0.2, 0) is 9.53 Å². The minimum atomic E-state index is -1.16. The molecule has 0 aliphatic rings. The van der Waals surface area contributed by atoms with E-state index in [1.165, 1.54) is 0 Å². The summed E-state index contributed by atoms with van der Waals surface area (Å²) in [7, 11) is 0. The van der Waals surface area contributed by atoms with E-state index >= 15 is 0 Å². The Hall–Kier alpha value is -4.19. The van der Waals surface area contributed by atoms with Gasteiger partial charge in [0.1, 0.15) is 11.4 Å². The number of pyridine rings is 1. The fraction of sp³-hybridized carbons (Fsp3) is 0.115. The number of fused-ring (bicyclic) bond motifs is 1. The molecule has 6 nitrogen and oxygen atoms in total. The summed E-state index contributed by atoms with van der Waals surface area (Å²) in [5.74, 6) is -0.631. The first-order valence-corrected chi connectivity index (χ1v) is 10.3. The predicted octanol–water partition coefficient (Wildman–Crippen LogP) is 5.17. The van der Waals surface area contributed by atoms with E-state index in [2.05, 4.69) is 10.3 Å². The third kappa shape index (κ3) is 4.75. The van der Waals surface area contributed by atoms with Crippen molar-refractivity contribution in [1.29, 1.82) is 0 Å². The number of hydrogen-bond acceptors (Lipinski definition) is 5. The minimum absolute atomic E-state index is 0.132. The number of benzene rings is 3. The molecule has 0 radical (unpaired) electrons. The standard InChI is InChI=1S/C26H22N2O4/c1-2-31-23-15-9-8-14-21(23)28-25(29)24(19-11-4-3-5-12-19)32-26(30)22-17-16-18-10-6-7-13-20(18)27-22/h3-17,24H,2H2,1H3,(H,28,29). The molecule has 4 rings (SSSR count). The van der Waals surface area contributed by atoms with E-state index in [1.54, 1.807) is 54.6 Å². The first kappa shape index (κ1) is 21.1. The largest absolute Gasteiger partial charge is 0.492 e. The van der Waals surface area contributed by atoms with Crippen molar-refractivity contribution in [1.82, 2.24) is 4.98 Å². The van der Waals surface area contributed by atoms with Crippen LogP contribution in [0.15, 0.2) is 91.0 Å². The van der Waals surface area contributed by atoms with Gasteiger partial charge in [-0.15, -0.1) is 0 Å². The van der Waals surface area contributed by atoms with E-state index in [9.17, 15) is 9.59 Å². The van der Waals surface area contributed by atoms with Gasteiger partial charge < -0.3 is 14.8 Å². The van der Waals surface area contributed by atoms with Crippen LogP contribution < -0.4 is 10.1 Å². The van der Waals surface area contributed by atoms with E-state index in [0.717, 1.165) is 5.39 Å². The number of carbonyl (C=O) groups is 2. The third-order valence-electron chi connectivity index (χ3n) is 4.82. The Morgan fingerprint density at radius 2 is 1.59 bits per heavy atom. The maximum atomic E-state index is 13.2. The molecular weight excluding hydrogens is 404 g/mol. The van der Waals surface area contributed by atoms with Gasteiger partial charge in [-0.1, -0.05) is 66.7 Å². The zero-order chi connectivity index (χ0) is 22.3. The molecule has 0 aliphatic carbocycles. The van der Waals surface area contributed by atoms with Gasteiger partial charge in [0.15, 0.2) is 0 Å². The zero-order valence-corrected chi connectivity index (χ0v) is 17.5. The number of anilines is 1. The Morgan fingerprint density at radius 1 is 0.875 bits per heavy atom. The normalized spacial score (nSPS) is 11.5. The molecule has 160 valence electrons. The van der Waals surface area contributed by atoms with Gasteiger partial charge in [-0.25, -0.2) is 9.78 Å². The summed E-state index contributed by atoms with van der Waals surface area (Å²) in [5.41, 5.74) is 1.86. The second-order valence-electron chi connectivity index (χ2n) is 7.00. The Morgan fingerprint density at radius 3 is 2.41 bits per heavy atom. The summed E-state index contributed by atoms with van der Waals surface area (Å²) in [6.45, 7) is 2.32. The molecule has 1 amide bonds. The lowest BCUT2D eigenvalue weighted by Crippen LogP contribution is -2.26. The van der Waals surface area contributed by atoms with Crippen LogP contribution in [0.3, 0.4) is 0 Å². The van der Waals surface area contributed by atoms with Gasteiger partial charge in [-0.3, -0.25) is 4.79 Å². The molecule has 1 heterocycles. The van der Waals surface area contributed by atoms with Gasteiger partial charge in [0.25, 0.3) is 5.91 Å². The van der Waals surface area contributed by atoms with Crippen LogP contribution in [-0.4, -0.2) is 23.5 Å². The molecule has 1 N–H and O–H groups in total. The highest BCUT2D eigenvalue weighted by Gasteiger charge is 2.27. The number of carbonyl (C=O) groups excluding carboxylic acids is 2. The van der Waals surface area contributed by atoms with Crippen LogP contribution in [0.1, 0.15) is 29.1 Å². The Kier molecular flexibility index (Phi) is 6.41. The van der Waals surface area contributed by atoms with Gasteiger partial charge in [-0.05, 0) is 31.2 Å². The van der Waals surface area contributed by atoms with E-state index in [4.69, 9.17) is 9.47 Å². The Bertz CT molecular complexity index is 1240. The Labute approximate surface area is 185 Å². The van der Waals surface area contributed by atoms with Crippen molar-refractivity contribution in [2.24, 2.45) is 0 Å². The number of ether oxygens (including phenoxy) is 2. The van der Waals surface area contributed by atoms with E-state index in [1.807, 2.05) is 43.3 Å². The summed E-state index contributed by atoms with van der Waals surface area (Å²) in [5, 5.41) is 3.73. The Balaban J connectivity index is 1.61. The highest BCUT2D eigenvalue weighted by Crippen LogP contribution is 2.27. The number of rotatable bonds is 7. The number of nitrogens with one attached hydrogen (secondary N) is 1. The number of aromatic nitrogens is 1. The third-order valence-corrected chi connectivity index (χ3v) is 4.82. The van der Waals surface area contributed by atoms with Gasteiger partial charge in [0.05, 0.1) is 17.8 Å². The molecule has 0 aliphatic heterocycles. The average molecular weight is 426 g/mol. The second kappa shape index (κ2) is 9.75. The van der Waals surface area contributed by atoms with Crippen molar-refractivity contribution in [3.05, 3.63) is 102 Å². The second-order valence-corrected chi connectivity index (χ2v) is 7.00. The summed E-state index contributed by atoms with van der Waals surface area (Å²) < 4.78 is 11.2. The summed E-state index contributed by atoms with van der Waals surface area (Å²) in [4.78, 5) is 30.5. The van der Waals surface area contributed by atoms with Crippen molar-refractivity contribution in [3.8, 4) is 5.75 Å². The van der Waals surface area contributed by atoms with Crippen LogP contribution in [0.25, 0.3) is 10.9 Å². The van der Waals surface area contributed by atoms with Crippen molar-refractivity contribution < 1.29 is 19.1 Å². The molecule has 32 heavy (non-hydrogen) atoms. The maximum absolute atomic E-state index is 13.2. The zero-order valence-electron chi connectivity index (χ0n) is 17.5. The predicted molar refractivity (Wildman–Crippen MR) is 123 cm³/mol. The molecular formula is C26H22N2O4. The quantitative estimate of drug-likeness (QED) is 0.413. The van der Waals surface area contributed by atoms with Crippen molar-refractivity contribution in [2.75, 3.05) is 11.9 Å². The fourth-order valence-corrected chi connectivity index (χ4v) is 3.30. The number of nitrogens with zero attached hydrogens (tertiary/aromatic N) is 1. The summed E-state index contributed by atoms with van der Waals surface area (Å²) >= 11 is 0. The van der Waals surface area contributed by atoms with Gasteiger partial charge >= 0.3 is 5.97 Å². The monoisotopic (exact) mass is 426 g/mol. The topological polar surface area (TPSA) is 77.5 Å². The minimum Gasteiger partial charge on any atom is -0.492 e. The van der Waals surface area contributed by atoms with Crippen LogP contribution in [0.2, 0.25) is 0 Å². The van der Waals surface area contributed by atoms with Gasteiger partial charge in [-0.2, -0.15) is 0 Å². The summed E-state index contributed by atoms with van der Waals surface area (Å²) in [6, 6.07) is 26.8. The van der Waals surface area contributed by atoms with E-state index in [0.29, 0.717) is 29.1 Å². The van der Waals surface area contributed by atoms with Crippen molar-refractivity contribution in [2.45, 2.75) is 13.0 Å². The molecule has 1 atom stereocenters. The van der Waals surface area contributed by atoms with Crippen LogP contribution in [0.5, 0.6) is 5.75 Å². The average Bonchev–Trinajstić information content (AvgIpc) is 2.84. The van der Waals surface area contributed by atoms with Crippen LogP contribution in [0, 0.1) is 0 Å². The molecule has 0 saturated heterocycles. The van der Waals surface area contributed by atoms with Crippen LogP contribution >= 0.6 is 0 Å². The van der Waals surface area contributed by atoms with Crippen molar-refractivity contribution in [3.63, 3.8) is 0 Å². The maximum Gasteiger partial charge on any atom is 0.358 e. The highest BCUT2D eigenvalue weighted by molar-refractivity contribution is 5.99. The number of hydrogen-bond donors (Lipinski definition) is 1. The highest BCUT2D eigenvalue weighted by atomic mass is 16.5. The van der Waals surface area contributed by atoms with E-state index < -0.39 is 18.0 Å². The molecule has 0 saturated carbocycles. The molecule has 1 unspecified atom stereocenters. The fourth-order valence-electron chi connectivity index (χ4n) is 3.30. The molecule has 6 heteroatoms. The van der Waals surface area contributed by atoms with E-state index in [-0.39, 0.29) is 5.69 Å². The molecule has 0 fully saturated rings. The number of para-hydroxylation sites is 3. The van der Waals surface area contributed by atoms with Gasteiger partial charge in [0, 0.05) is 10.9 Å². The molecule has 1 aromatic heterocycles. The smallest absolute Gasteiger partial charge is 0.358 e. The lowest BCUT2D eigenvalue weighted by molar-refractivity contribution is -0.125. The molecule has 0 bridgehead atoms. The summed E-state index contributed by atoms with van der Waals surface area (Å²) in [6.07, 6.45) is -1.16. The lowest BCUT2D eigenvalue weighted by atomic mass is 10.1. The SMILES string of the molecule is CCOc1ccccc1NC(=O)C(OC(=O)c1ccc2ccccc2n1)c1ccccc1. The lowest BCUT2D eigenvalue weighted by Gasteiger charge is -2.19.